The molecule has 0 heterocycles. The molecule has 0 fully saturated rings. The summed E-state index contributed by atoms with van der Waals surface area (Å²) in [7, 11) is 0. The fourth-order valence-electron chi connectivity index (χ4n) is 0.998. The summed E-state index contributed by atoms with van der Waals surface area (Å²) in [6.45, 7) is 11.2. The van der Waals surface area contributed by atoms with E-state index in [1.54, 1.807) is 13.0 Å². The topological polar surface area (TPSA) is 89.9 Å². The maximum Gasteiger partial charge on any atom is 0.308 e. The van der Waals surface area contributed by atoms with Gasteiger partial charge in [-0.1, -0.05) is 84.9 Å². The highest BCUT2D eigenvalue weighted by Crippen LogP contribution is 2.03. The lowest BCUT2D eigenvalue weighted by molar-refractivity contribution is -0.150. The van der Waals surface area contributed by atoms with Crippen molar-refractivity contribution < 1.29 is 29.0 Å². The van der Waals surface area contributed by atoms with Gasteiger partial charge < -0.3 is 14.6 Å². The third-order valence-electron chi connectivity index (χ3n) is 2.93. The smallest absolute Gasteiger partial charge is 0.308 e. The Hall–Kier alpha value is -1.85. The van der Waals surface area contributed by atoms with E-state index in [0.29, 0.717) is 13.0 Å². The van der Waals surface area contributed by atoms with Crippen LogP contribution in [0.25, 0.3) is 0 Å². The first kappa shape index (κ1) is 50.2. The normalized spacial score (nSPS) is 9.57. The second-order valence-electron chi connectivity index (χ2n) is 4.85. The summed E-state index contributed by atoms with van der Waals surface area (Å²) >= 11 is 0. The average Bonchev–Trinajstić information content (AvgIpc) is 2.50. The van der Waals surface area contributed by atoms with Gasteiger partial charge >= 0.3 is 17.9 Å². The Morgan fingerprint density at radius 2 is 1.21 bits per heavy atom. The molecule has 0 amide bonds. The highest BCUT2D eigenvalue weighted by atomic mass is 16.5. The van der Waals surface area contributed by atoms with Gasteiger partial charge in [-0.2, -0.15) is 0 Å². The zero-order chi connectivity index (χ0) is 17.5. The molecule has 0 aromatic rings. The van der Waals surface area contributed by atoms with Gasteiger partial charge in [0.05, 0.1) is 18.3 Å². The molecule has 0 saturated carbocycles. The summed E-state index contributed by atoms with van der Waals surface area (Å²) in [6.07, 6.45) is 2.99. The van der Waals surface area contributed by atoms with Crippen LogP contribution in [0.5, 0.6) is 0 Å². The monoisotopic (exact) mass is 412 g/mol. The minimum Gasteiger partial charge on any atom is -0.481 e. The van der Waals surface area contributed by atoms with Gasteiger partial charge in [0, 0.05) is 0 Å². The highest BCUT2D eigenvalue weighted by Gasteiger charge is 2.12. The Morgan fingerprint density at radius 1 is 0.857 bits per heavy atom. The predicted molar refractivity (Wildman–Crippen MR) is 124 cm³/mol. The van der Waals surface area contributed by atoms with Crippen LogP contribution in [0.1, 0.15) is 91.5 Å². The van der Waals surface area contributed by atoms with Crippen molar-refractivity contribution in [3.8, 4) is 0 Å². The van der Waals surface area contributed by atoms with Crippen LogP contribution in [-0.2, 0) is 23.9 Å². The van der Waals surface area contributed by atoms with Crippen molar-refractivity contribution in [1.82, 2.24) is 0 Å². The number of ether oxygens (including phenoxy) is 2. The van der Waals surface area contributed by atoms with Gasteiger partial charge in [0.2, 0.25) is 0 Å². The fraction of sp³-hybridized carbons (Fsp3) is 0.773. The molecular formula is C22H52O6. The number of carbonyl (C=O) groups is 3. The zero-order valence-electron chi connectivity index (χ0n) is 14.0. The van der Waals surface area contributed by atoms with Gasteiger partial charge in [-0.25, -0.2) is 0 Å². The average molecular weight is 413 g/mol. The molecule has 6 heteroatoms. The summed E-state index contributed by atoms with van der Waals surface area (Å²) in [5.74, 6) is -1.54. The molecule has 0 rings (SSSR count). The fourth-order valence-corrected chi connectivity index (χ4v) is 0.998. The first-order valence-electron chi connectivity index (χ1n) is 7.45. The van der Waals surface area contributed by atoms with E-state index in [0.717, 1.165) is 6.42 Å². The van der Waals surface area contributed by atoms with Crippen LogP contribution in [0.3, 0.4) is 0 Å². The van der Waals surface area contributed by atoms with E-state index in [-0.39, 0.29) is 81.4 Å². The van der Waals surface area contributed by atoms with Crippen molar-refractivity contribution in [3.63, 3.8) is 0 Å². The van der Waals surface area contributed by atoms with Crippen LogP contribution in [0.4, 0.5) is 0 Å². The van der Waals surface area contributed by atoms with Crippen molar-refractivity contribution >= 4 is 17.9 Å². The number of hydrogen-bond acceptors (Lipinski definition) is 5. The van der Waals surface area contributed by atoms with E-state index in [9.17, 15) is 14.4 Å². The molecule has 0 bridgehead atoms. The van der Waals surface area contributed by atoms with Crippen molar-refractivity contribution in [1.29, 1.82) is 0 Å². The minimum atomic E-state index is -0.952. The molecule has 6 nitrogen and oxygen atoms in total. The summed E-state index contributed by atoms with van der Waals surface area (Å²) in [5.41, 5.74) is 0. The van der Waals surface area contributed by atoms with Crippen molar-refractivity contribution in [2.24, 2.45) is 11.8 Å². The lowest BCUT2D eigenvalue weighted by atomic mass is 10.1. The molecule has 0 aromatic heterocycles. The van der Waals surface area contributed by atoms with E-state index in [1.165, 1.54) is 0 Å². The lowest BCUT2D eigenvalue weighted by Gasteiger charge is -2.07. The van der Waals surface area contributed by atoms with Gasteiger partial charge in [0.15, 0.2) is 0 Å². The number of esters is 2. The maximum atomic E-state index is 10.9. The van der Waals surface area contributed by atoms with Crippen LogP contribution in [0.15, 0.2) is 12.7 Å². The van der Waals surface area contributed by atoms with Gasteiger partial charge in [-0.15, -0.1) is 0 Å². The molecule has 0 saturated heterocycles. The summed E-state index contributed by atoms with van der Waals surface area (Å²) in [5, 5.41) is 8.23. The summed E-state index contributed by atoms with van der Waals surface area (Å²) in [6, 6.07) is 0. The first-order valence-corrected chi connectivity index (χ1v) is 7.45. The Bertz CT molecular complexity index is 353. The summed E-state index contributed by atoms with van der Waals surface area (Å²) in [4.78, 5) is 31.8. The first-order chi connectivity index (χ1) is 10.3. The van der Waals surface area contributed by atoms with Crippen LogP contribution in [-0.4, -0.2) is 36.2 Å². The van der Waals surface area contributed by atoms with Crippen molar-refractivity contribution in [2.45, 2.75) is 91.5 Å². The largest absolute Gasteiger partial charge is 0.481 e. The van der Waals surface area contributed by atoms with Crippen LogP contribution in [0, 0.1) is 11.8 Å². The van der Waals surface area contributed by atoms with Crippen molar-refractivity contribution in [3.05, 3.63) is 12.7 Å². The van der Waals surface area contributed by atoms with E-state index < -0.39 is 5.97 Å². The van der Waals surface area contributed by atoms with Gasteiger partial charge in [0.25, 0.3) is 0 Å². The number of carboxylic acid groups (broad SMARTS) is 1. The number of rotatable bonds is 9. The molecule has 0 aromatic carbocycles. The summed E-state index contributed by atoms with van der Waals surface area (Å²) < 4.78 is 9.47. The molecule has 0 aliphatic rings. The van der Waals surface area contributed by atoms with Crippen LogP contribution >= 0.6 is 0 Å². The number of carboxylic acids is 1. The third kappa shape index (κ3) is 31.9. The standard InChI is InChI=1S/C8H14O4.C8H14O2.6CH4/c1-3-6(2)8(11)12-5-4-7(9)10;1-4-6-10-8(9)7(3)5-2;;;;;;/h6H,3-5H2,1-2H3,(H,9,10);4,7H,1,5-6H2,2-3H3;6*1H4. The van der Waals surface area contributed by atoms with E-state index in [1.807, 2.05) is 20.8 Å². The zero-order valence-corrected chi connectivity index (χ0v) is 14.0. The van der Waals surface area contributed by atoms with Gasteiger partial charge in [-0.3, -0.25) is 14.4 Å². The Morgan fingerprint density at radius 3 is 1.50 bits per heavy atom. The maximum absolute atomic E-state index is 10.9. The van der Waals surface area contributed by atoms with E-state index >= 15 is 0 Å². The molecule has 28 heavy (non-hydrogen) atoms. The quantitative estimate of drug-likeness (QED) is 0.337. The lowest BCUT2D eigenvalue weighted by Crippen LogP contribution is -2.15. The molecule has 0 radical (unpaired) electrons. The van der Waals surface area contributed by atoms with Gasteiger partial charge in [-0.05, 0) is 12.8 Å². The SMILES string of the molecule is C.C.C.C.C.C.C=CCOC(=O)C(C)CC.CCC(C)C(=O)OCCC(=O)O. The highest BCUT2D eigenvalue weighted by molar-refractivity contribution is 5.73. The molecule has 2 atom stereocenters. The minimum absolute atomic E-state index is 0. The van der Waals surface area contributed by atoms with Crippen LogP contribution < -0.4 is 0 Å². The second kappa shape index (κ2) is 32.8. The second-order valence-corrected chi connectivity index (χ2v) is 4.85. The Balaban J connectivity index is -0.0000000396. The Labute approximate surface area is 176 Å². The number of hydrogen-bond donors (Lipinski definition) is 1. The molecule has 2 unspecified atom stereocenters. The number of aliphatic carboxylic acids is 1. The molecule has 0 aliphatic heterocycles. The predicted octanol–water partition coefficient (Wildman–Crippen LogP) is 6.63. The molecular weight excluding hydrogens is 360 g/mol. The molecule has 0 aliphatic carbocycles. The Kier molecular flexibility index (Phi) is 58.8. The van der Waals surface area contributed by atoms with E-state index in [4.69, 9.17) is 9.84 Å². The molecule has 176 valence electrons. The van der Waals surface area contributed by atoms with Crippen molar-refractivity contribution in [2.75, 3.05) is 13.2 Å². The van der Waals surface area contributed by atoms with Gasteiger partial charge in [0.1, 0.15) is 13.2 Å². The van der Waals surface area contributed by atoms with Crippen LogP contribution in [0.2, 0.25) is 0 Å². The van der Waals surface area contributed by atoms with E-state index in [2.05, 4.69) is 11.3 Å². The third-order valence-corrected chi connectivity index (χ3v) is 2.93. The number of carbonyl (C=O) groups excluding carboxylic acids is 2. The molecule has 1 N–H and O–H groups in total. The molecule has 0 spiro atoms.